The molecule has 1 atom stereocenters. The largest absolute Gasteiger partial charge is 0.462 e. The number of unbranched alkanes of at least 4 members (excludes halogenated alkanes) is 37. The molecule has 0 saturated carbocycles. The molecule has 0 N–H and O–H groups in total. The van der Waals surface area contributed by atoms with E-state index in [9.17, 15) is 14.4 Å². The van der Waals surface area contributed by atoms with Crippen molar-refractivity contribution < 1.29 is 28.6 Å². The Morgan fingerprint density at radius 3 is 0.781 bits per heavy atom. The summed E-state index contributed by atoms with van der Waals surface area (Å²) in [5.41, 5.74) is 0. The van der Waals surface area contributed by atoms with Crippen LogP contribution in [0.5, 0.6) is 0 Å². The topological polar surface area (TPSA) is 78.9 Å². The zero-order valence-electron chi connectivity index (χ0n) is 43.1. The van der Waals surface area contributed by atoms with Crippen LogP contribution in [-0.4, -0.2) is 37.2 Å². The maximum Gasteiger partial charge on any atom is 0.306 e. The standard InChI is InChI=1S/C58H108O6/c1-4-7-10-13-16-19-22-25-27-29-31-33-36-39-42-45-48-51-57(60)63-54-55(53-62-56(59)50-47-44-41-38-35-32-24-21-18-15-12-9-6-3)64-58(61)52-49-46-43-40-37-34-30-28-26-23-20-17-14-11-8-5-2/h25,27-28,30,55H,4-24,26,29,31-54H2,1-3H3/b27-25-,30-28-/t55-/m1/s1. The molecule has 0 saturated heterocycles. The molecule has 0 amide bonds. The first-order valence-corrected chi connectivity index (χ1v) is 28.3. The van der Waals surface area contributed by atoms with Crippen LogP contribution in [0.4, 0.5) is 0 Å². The smallest absolute Gasteiger partial charge is 0.306 e. The molecule has 0 aliphatic rings. The highest BCUT2D eigenvalue weighted by atomic mass is 16.6. The van der Waals surface area contributed by atoms with Gasteiger partial charge in [-0.3, -0.25) is 14.4 Å². The predicted octanol–water partition coefficient (Wildman–Crippen LogP) is 18.7. The molecule has 0 rings (SSSR count). The second kappa shape index (κ2) is 53.5. The lowest BCUT2D eigenvalue weighted by molar-refractivity contribution is -0.167. The van der Waals surface area contributed by atoms with Crippen molar-refractivity contribution in [3.63, 3.8) is 0 Å². The normalized spacial score (nSPS) is 12.1. The van der Waals surface area contributed by atoms with E-state index in [1.807, 2.05) is 0 Å². The van der Waals surface area contributed by atoms with Crippen molar-refractivity contribution in [3.05, 3.63) is 24.3 Å². The lowest BCUT2D eigenvalue weighted by Gasteiger charge is -2.18. The zero-order valence-corrected chi connectivity index (χ0v) is 43.1. The number of carbonyl (C=O) groups excluding carboxylic acids is 3. The van der Waals surface area contributed by atoms with Crippen LogP contribution in [0.25, 0.3) is 0 Å². The number of esters is 3. The summed E-state index contributed by atoms with van der Waals surface area (Å²) in [5.74, 6) is -0.867. The Hall–Kier alpha value is -2.11. The Labute approximate surface area is 398 Å². The van der Waals surface area contributed by atoms with Gasteiger partial charge in [-0.1, -0.05) is 244 Å². The maximum absolute atomic E-state index is 12.8. The van der Waals surface area contributed by atoms with E-state index in [0.717, 1.165) is 64.2 Å². The van der Waals surface area contributed by atoms with Gasteiger partial charge in [0.25, 0.3) is 0 Å². The van der Waals surface area contributed by atoms with Crippen LogP contribution in [-0.2, 0) is 28.6 Å². The van der Waals surface area contributed by atoms with E-state index in [1.54, 1.807) is 0 Å². The number of rotatable bonds is 52. The van der Waals surface area contributed by atoms with E-state index in [2.05, 4.69) is 45.1 Å². The minimum absolute atomic E-state index is 0.0717. The van der Waals surface area contributed by atoms with Crippen LogP contribution >= 0.6 is 0 Å². The van der Waals surface area contributed by atoms with Gasteiger partial charge < -0.3 is 14.2 Å². The zero-order chi connectivity index (χ0) is 46.5. The summed E-state index contributed by atoms with van der Waals surface area (Å²) in [7, 11) is 0. The first-order valence-electron chi connectivity index (χ1n) is 28.3. The third-order valence-corrected chi connectivity index (χ3v) is 12.7. The molecule has 0 fully saturated rings. The Morgan fingerprint density at radius 2 is 0.516 bits per heavy atom. The molecular weight excluding hydrogens is 793 g/mol. The van der Waals surface area contributed by atoms with Crippen molar-refractivity contribution >= 4 is 17.9 Å². The van der Waals surface area contributed by atoms with Gasteiger partial charge in [0.05, 0.1) is 0 Å². The van der Waals surface area contributed by atoms with Crippen LogP contribution in [0.3, 0.4) is 0 Å². The Balaban J connectivity index is 4.35. The SMILES string of the molecule is CCCCCCCC/C=C\CCCCCCCCCC(=O)OC[C@@H](COC(=O)CCCCCCCCCCCCCCC)OC(=O)CCCCCCC/C=C\CCCCCCCCC. The molecular formula is C58H108O6. The molecule has 64 heavy (non-hydrogen) atoms. The van der Waals surface area contributed by atoms with E-state index >= 15 is 0 Å². The van der Waals surface area contributed by atoms with Gasteiger partial charge in [0, 0.05) is 19.3 Å². The number of hydrogen-bond acceptors (Lipinski definition) is 6. The molecule has 0 aliphatic heterocycles. The van der Waals surface area contributed by atoms with Gasteiger partial charge in [0.1, 0.15) is 13.2 Å². The summed E-state index contributed by atoms with van der Waals surface area (Å²) < 4.78 is 16.9. The van der Waals surface area contributed by atoms with Crippen LogP contribution in [0.1, 0.15) is 310 Å². The van der Waals surface area contributed by atoms with Crippen molar-refractivity contribution in [2.75, 3.05) is 13.2 Å². The van der Waals surface area contributed by atoms with E-state index in [0.29, 0.717) is 19.3 Å². The van der Waals surface area contributed by atoms with Gasteiger partial charge in [0.2, 0.25) is 0 Å². The molecule has 0 heterocycles. The molecule has 0 unspecified atom stereocenters. The second-order valence-electron chi connectivity index (χ2n) is 19.2. The van der Waals surface area contributed by atoms with Crippen LogP contribution in [0.15, 0.2) is 24.3 Å². The molecule has 6 heteroatoms. The summed E-state index contributed by atoms with van der Waals surface area (Å²) in [4.78, 5) is 38.1. The van der Waals surface area contributed by atoms with Gasteiger partial charge in [-0.15, -0.1) is 0 Å². The fraction of sp³-hybridized carbons (Fsp3) is 0.879. The highest BCUT2D eigenvalue weighted by molar-refractivity contribution is 5.71. The number of carbonyl (C=O) groups is 3. The fourth-order valence-electron chi connectivity index (χ4n) is 8.37. The molecule has 0 bridgehead atoms. The number of allylic oxidation sites excluding steroid dienone is 4. The van der Waals surface area contributed by atoms with Crippen molar-refractivity contribution in [3.8, 4) is 0 Å². The van der Waals surface area contributed by atoms with Crippen LogP contribution < -0.4 is 0 Å². The lowest BCUT2D eigenvalue weighted by atomic mass is 10.0. The first kappa shape index (κ1) is 61.9. The minimum Gasteiger partial charge on any atom is -0.462 e. The van der Waals surface area contributed by atoms with Crippen molar-refractivity contribution in [1.29, 1.82) is 0 Å². The summed E-state index contributed by atoms with van der Waals surface area (Å²) in [6, 6.07) is 0. The molecule has 0 aromatic carbocycles. The van der Waals surface area contributed by atoms with Crippen molar-refractivity contribution in [1.82, 2.24) is 0 Å². The van der Waals surface area contributed by atoms with Crippen molar-refractivity contribution in [2.24, 2.45) is 0 Å². The fourth-order valence-corrected chi connectivity index (χ4v) is 8.37. The average Bonchev–Trinajstić information content (AvgIpc) is 3.29. The quantitative estimate of drug-likeness (QED) is 0.0262. The Kier molecular flexibility index (Phi) is 51.7. The highest BCUT2D eigenvalue weighted by Gasteiger charge is 2.19. The second-order valence-corrected chi connectivity index (χ2v) is 19.2. The lowest BCUT2D eigenvalue weighted by Crippen LogP contribution is -2.30. The minimum atomic E-state index is -0.773. The predicted molar refractivity (Wildman–Crippen MR) is 275 cm³/mol. The van der Waals surface area contributed by atoms with E-state index in [4.69, 9.17) is 14.2 Å². The van der Waals surface area contributed by atoms with E-state index in [-0.39, 0.29) is 31.1 Å². The van der Waals surface area contributed by atoms with Gasteiger partial charge in [-0.25, -0.2) is 0 Å². The molecule has 0 aromatic rings. The molecule has 0 aromatic heterocycles. The average molecular weight is 901 g/mol. The molecule has 0 spiro atoms. The monoisotopic (exact) mass is 901 g/mol. The van der Waals surface area contributed by atoms with Crippen molar-refractivity contribution in [2.45, 2.75) is 316 Å². The van der Waals surface area contributed by atoms with E-state index in [1.165, 1.54) is 205 Å². The molecule has 376 valence electrons. The maximum atomic E-state index is 12.8. The molecule has 6 nitrogen and oxygen atoms in total. The molecule has 0 aliphatic carbocycles. The first-order chi connectivity index (χ1) is 31.5. The van der Waals surface area contributed by atoms with Crippen LogP contribution in [0.2, 0.25) is 0 Å². The highest BCUT2D eigenvalue weighted by Crippen LogP contribution is 2.16. The third kappa shape index (κ3) is 50.9. The summed E-state index contributed by atoms with van der Waals surface area (Å²) in [5, 5.41) is 0. The van der Waals surface area contributed by atoms with Gasteiger partial charge in [0.15, 0.2) is 6.10 Å². The van der Waals surface area contributed by atoms with Gasteiger partial charge in [-0.05, 0) is 70.6 Å². The number of hydrogen-bond donors (Lipinski definition) is 0. The Morgan fingerprint density at radius 1 is 0.297 bits per heavy atom. The van der Waals surface area contributed by atoms with E-state index < -0.39 is 6.10 Å². The summed E-state index contributed by atoms with van der Waals surface area (Å²) in [6.45, 7) is 6.66. The van der Waals surface area contributed by atoms with Gasteiger partial charge >= 0.3 is 17.9 Å². The summed E-state index contributed by atoms with van der Waals surface area (Å²) >= 11 is 0. The number of ether oxygens (including phenoxy) is 3. The summed E-state index contributed by atoms with van der Waals surface area (Å²) in [6.07, 6.45) is 61.6. The van der Waals surface area contributed by atoms with Crippen LogP contribution in [0, 0.1) is 0 Å². The van der Waals surface area contributed by atoms with Gasteiger partial charge in [-0.2, -0.15) is 0 Å². The molecule has 0 radical (unpaired) electrons. The Bertz CT molecular complexity index is 1040. The third-order valence-electron chi connectivity index (χ3n) is 12.7.